The first-order valence-corrected chi connectivity index (χ1v) is 7.23. The topological polar surface area (TPSA) is 58.4 Å². The van der Waals surface area contributed by atoms with Crippen molar-refractivity contribution in [3.63, 3.8) is 0 Å². The van der Waals surface area contributed by atoms with Gasteiger partial charge in [0.15, 0.2) is 5.69 Å². The third kappa shape index (κ3) is 2.85. The summed E-state index contributed by atoms with van der Waals surface area (Å²) >= 11 is 0. The Morgan fingerprint density at radius 3 is 3.05 bits per heavy atom. The molecule has 1 N–H and O–H groups in total. The normalized spacial score (nSPS) is 26.9. The Labute approximate surface area is 117 Å². The highest BCUT2D eigenvalue weighted by Crippen LogP contribution is 2.40. The van der Waals surface area contributed by atoms with Crippen LogP contribution in [0.4, 0.5) is 4.39 Å². The summed E-state index contributed by atoms with van der Waals surface area (Å²) in [5, 5.41) is 6.82. The van der Waals surface area contributed by atoms with Crippen LogP contribution in [0, 0.1) is 5.92 Å². The summed E-state index contributed by atoms with van der Waals surface area (Å²) in [6.45, 7) is 3.68. The Morgan fingerprint density at radius 2 is 2.35 bits per heavy atom. The first-order valence-electron chi connectivity index (χ1n) is 7.23. The first kappa shape index (κ1) is 13.5. The number of hydrogen-bond donors (Lipinski definition) is 1. The van der Waals surface area contributed by atoms with E-state index in [1.807, 2.05) is 4.90 Å². The number of hydrogen-bond acceptors (Lipinski definition) is 4. The molecule has 2 fully saturated rings. The zero-order chi connectivity index (χ0) is 14.1. The lowest BCUT2D eigenvalue weighted by atomic mass is 10.1. The minimum atomic E-state index is -0.346. The van der Waals surface area contributed by atoms with Gasteiger partial charge in [-0.25, -0.2) is 4.39 Å². The van der Waals surface area contributed by atoms with E-state index in [4.69, 9.17) is 4.52 Å². The Bertz CT molecular complexity index is 487. The monoisotopic (exact) mass is 281 g/mol. The molecule has 0 bridgehead atoms. The number of likely N-dealkylation sites (tertiary alicyclic amines) is 1. The summed E-state index contributed by atoms with van der Waals surface area (Å²) in [4.78, 5) is 14.2. The summed E-state index contributed by atoms with van der Waals surface area (Å²) in [6.07, 6.45) is 2.24. The van der Waals surface area contributed by atoms with Crippen LogP contribution in [0.3, 0.4) is 0 Å². The zero-order valence-electron chi connectivity index (χ0n) is 11.6. The number of rotatable bonds is 5. The van der Waals surface area contributed by atoms with Crippen molar-refractivity contribution >= 4 is 5.91 Å². The quantitative estimate of drug-likeness (QED) is 0.890. The smallest absolute Gasteiger partial charge is 0.273 e. The second kappa shape index (κ2) is 5.52. The lowest BCUT2D eigenvalue weighted by Crippen LogP contribution is -2.40. The Morgan fingerprint density at radius 1 is 1.55 bits per heavy atom. The molecule has 1 aromatic rings. The maximum atomic E-state index is 12.4. The number of carbonyl (C=O) groups is 1. The van der Waals surface area contributed by atoms with Crippen molar-refractivity contribution in [3.8, 4) is 0 Å². The van der Waals surface area contributed by atoms with Gasteiger partial charge >= 0.3 is 0 Å². The average Bonchev–Trinajstić information content (AvgIpc) is 3.05. The SMILES string of the molecule is C[C@H]1CN(CCF)C[C@H]1NC(=O)c1cc(C2CC2)on1. The average molecular weight is 281 g/mol. The second-order valence-corrected chi connectivity index (χ2v) is 5.89. The van der Waals surface area contributed by atoms with Crippen molar-refractivity contribution in [1.82, 2.24) is 15.4 Å². The molecule has 1 aliphatic heterocycles. The van der Waals surface area contributed by atoms with Gasteiger partial charge in [-0.2, -0.15) is 0 Å². The molecule has 1 saturated carbocycles. The van der Waals surface area contributed by atoms with Gasteiger partial charge in [0.05, 0.1) is 0 Å². The molecule has 1 saturated heterocycles. The molecule has 0 unspecified atom stereocenters. The number of nitrogens with one attached hydrogen (secondary N) is 1. The van der Waals surface area contributed by atoms with E-state index in [1.165, 1.54) is 0 Å². The second-order valence-electron chi connectivity index (χ2n) is 5.89. The highest BCUT2D eigenvalue weighted by molar-refractivity contribution is 5.92. The lowest BCUT2D eigenvalue weighted by molar-refractivity contribution is 0.0922. The van der Waals surface area contributed by atoms with Crippen LogP contribution in [0.25, 0.3) is 0 Å². The molecule has 1 aromatic heterocycles. The van der Waals surface area contributed by atoms with Crippen molar-refractivity contribution in [3.05, 3.63) is 17.5 Å². The van der Waals surface area contributed by atoms with Crippen LogP contribution in [-0.2, 0) is 0 Å². The van der Waals surface area contributed by atoms with Crippen LogP contribution in [0.5, 0.6) is 0 Å². The van der Waals surface area contributed by atoms with E-state index < -0.39 is 0 Å². The highest BCUT2D eigenvalue weighted by atomic mass is 19.1. The predicted molar refractivity (Wildman–Crippen MR) is 71.3 cm³/mol. The third-order valence-electron chi connectivity index (χ3n) is 4.15. The molecule has 0 radical (unpaired) electrons. The third-order valence-corrected chi connectivity index (χ3v) is 4.15. The summed E-state index contributed by atoms with van der Waals surface area (Å²) in [5.41, 5.74) is 0.350. The van der Waals surface area contributed by atoms with Crippen LogP contribution < -0.4 is 5.32 Å². The number of alkyl halides is 1. The Hall–Kier alpha value is -1.43. The van der Waals surface area contributed by atoms with E-state index in [-0.39, 0.29) is 18.6 Å². The molecule has 6 heteroatoms. The lowest BCUT2D eigenvalue weighted by Gasteiger charge is -2.15. The number of aromatic nitrogens is 1. The van der Waals surface area contributed by atoms with Gasteiger partial charge in [0.1, 0.15) is 12.4 Å². The standard InChI is InChI=1S/C14H20FN3O2/c1-9-7-18(5-4-15)8-12(9)16-14(19)11-6-13(20-17-11)10-2-3-10/h6,9-10,12H,2-5,7-8H2,1H3,(H,16,19)/t9-,12+/m0/s1. The summed E-state index contributed by atoms with van der Waals surface area (Å²) in [7, 11) is 0. The number of carbonyl (C=O) groups excluding carboxylic acids is 1. The van der Waals surface area contributed by atoms with E-state index in [1.54, 1.807) is 6.07 Å². The maximum Gasteiger partial charge on any atom is 0.273 e. The zero-order valence-corrected chi connectivity index (χ0v) is 11.6. The molecule has 2 heterocycles. The van der Waals surface area contributed by atoms with Crippen molar-refractivity contribution in [2.75, 3.05) is 26.3 Å². The molecule has 2 aliphatic rings. The van der Waals surface area contributed by atoms with E-state index in [0.29, 0.717) is 30.6 Å². The van der Waals surface area contributed by atoms with Crippen molar-refractivity contribution in [2.45, 2.75) is 31.7 Å². The minimum Gasteiger partial charge on any atom is -0.360 e. The van der Waals surface area contributed by atoms with E-state index in [9.17, 15) is 9.18 Å². The molecule has 3 rings (SSSR count). The van der Waals surface area contributed by atoms with Crippen molar-refractivity contribution < 1.29 is 13.7 Å². The molecule has 20 heavy (non-hydrogen) atoms. The van der Waals surface area contributed by atoms with Crippen LogP contribution in [0.15, 0.2) is 10.6 Å². The summed E-state index contributed by atoms with van der Waals surface area (Å²) in [6, 6.07) is 1.79. The Kier molecular flexibility index (Phi) is 3.74. The molecule has 2 atom stereocenters. The summed E-state index contributed by atoms with van der Waals surface area (Å²) in [5.74, 6) is 1.39. The van der Waals surface area contributed by atoms with E-state index in [2.05, 4.69) is 17.4 Å². The molecular formula is C14H20FN3O2. The summed E-state index contributed by atoms with van der Waals surface area (Å²) < 4.78 is 17.5. The van der Waals surface area contributed by atoms with Crippen molar-refractivity contribution in [1.29, 1.82) is 0 Å². The van der Waals surface area contributed by atoms with Crippen molar-refractivity contribution in [2.24, 2.45) is 5.92 Å². The van der Waals surface area contributed by atoms with Gasteiger partial charge in [0.25, 0.3) is 5.91 Å². The fourth-order valence-electron chi connectivity index (χ4n) is 2.76. The molecule has 0 spiro atoms. The number of nitrogens with zero attached hydrogens (tertiary/aromatic N) is 2. The van der Waals surface area contributed by atoms with Gasteiger partial charge in [-0.3, -0.25) is 9.69 Å². The number of halogens is 1. The fourth-order valence-corrected chi connectivity index (χ4v) is 2.76. The van der Waals surface area contributed by atoms with Crippen LogP contribution in [0.2, 0.25) is 0 Å². The van der Waals surface area contributed by atoms with Gasteiger partial charge in [-0.15, -0.1) is 0 Å². The molecule has 1 amide bonds. The number of amides is 1. The Balaban J connectivity index is 1.57. The first-order chi connectivity index (χ1) is 9.67. The van der Waals surface area contributed by atoms with Gasteiger partial charge in [0, 0.05) is 37.7 Å². The van der Waals surface area contributed by atoms with Gasteiger partial charge in [0.2, 0.25) is 0 Å². The van der Waals surface area contributed by atoms with Crippen LogP contribution >= 0.6 is 0 Å². The largest absolute Gasteiger partial charge is 0.360 e. The van der Waals surface area contributed by atoms with Crippen LogP contribution in [-0.4, -0.2) is 48.3 Å². The predicted octanol–water partition coefficient (Wildman–Crippen LogP) is 1.57. The molecule has 5 nitrogen and oxygen atoms in total. The maximum absolute atomic E-state index is 12.4. The molecule has 110 valence electrons. The van der Waals surface area contributed by atoms with Gasteiger partial charge in [-0.1, -0.05) is 12.1 Å². The van der Waals surface area contributed by atoms with Gasteiger partial charge in [-0.05, 0) is 18.8 Å². The van der Waals surface area contributed by atoms with E-state index >= 15 is 0 Å². The fraction of sp³-hybridized carbons (Fsp3) is 0.714. The highest BCUT2D eigenvalue weighted by Gasteiger charge is 2.32. The van der Waals surface area contributed by atoms with Crippen LogP contribution in [0.1, 0.15) is 41.9 Å². The van der Waals surface area contributed by atoms with E-state index in [0.717, 1.165) is 25.1 Å². The minimum absolute atomic E-state index is 0.0510. The van der Waals surface area contributed by atoms with Gasteiger partial charge < -0.3 is 9.84 Å². The molecule has 0 aromatic carbocycles. The molecular weight excluding hydrogens is 261 g/mol. The molecule has 1 aliphatic carbocycles.